The van der Waals surface area contributed by atoms with Crippen molar-refractivity contribution in [3.8, 4) is 0 Å². The summed E-state index contributed by atoms with van der Waals surface area (Å²) in [6.45, 7) is 0.603. The highest BCUT2D eigenvalue weighted by Gasteiger charge is 2.55. The number of rotatable bonds is 2. The zero-order chi connectivity index (χ0) is 14.9. The van der Waals surface area contributed by atoms with Crippen LogP contribution in [0.2, 0.25) is 0 Å². The van der Waals surface area contributed by atoms with Crippen molar-refractivity contribution in [1.29, 1.82) is 0 Å². The molecule has 1 aromatic rings. The molecule has 2 N–H and O–H groups in total. The SMILES string of the molecule is CN1[C@@H]2c3c(COC(N)=O)c4c(n3C[C@@H]21)C(=O)C=CC4=O. The van der Waals surface area contributed by atoms with Crippen LogP contribution in [0, 0.1) is 0 Å². The minimum absolute atomic E-state index is 0.0794. The molecule has 3 heterocycles. The van der Waals surface area contributed by atoms with Gasteiger partial charge in [-0.2, -0.15) is 0 Å². The molecule has 2 aliphatic heterocycles. The van der Waals surface area contributed by atoms with Gasteiger partial charge < -0.3 is 15.0 Å². The molecule has 0 bridgehead atoms. The maximum atomic E-state index is 12.2. The summed E-state index contributed by atoms with van der Waals surface area (Å²) in [5, 5.41) is 0. The summed E-state index contributed by atoms with van der Waals surface area (Å²) in [6.07, 6.45) is 1.67. The Hall–Kier alpha value is -2.41. The molecule has 21 heavy (non-hydrogen) atoms. The van der Waals surface area contributed by atoms with Crippen molar-refractivity contribution in [2.75, 3.05) is 7.05 Å². The molecule has 4 rings (SSSR count). The van der Waals surface area contributed by atoms with Crippen LogP contribution in [0.4, 0.5) is 4.79 Å². The monoisotopic (exact) mass is 287 g/mol. The molecule has 1 aromatic heterocycles. The lowest BCUT2D eigenvalue weighted by Crippen LogP contribution is -2.18. The molecule has 7 heteroatoms. The second-order valence-electron chi connectivity index (χ2n) is 5.55. The van der Waals surface area contributed by atoms with E-state index >= 15 is 0 Å². The standard InChI is InChI=1S/C14H13N3O4/c1-16-7-4-17-11(12(7)16)6(5-21-14(15)20)10-8(18)2-3-9(19)13(10)17/h2-3,7,12H,4-5H2,1H3,(H2,15,20)/t7-,12-,16?/m0/s1. The zero-order valence-corrected chi connectivity index (χ0v) is 11.3. The molecule has 3 atom stereocenters. The van der Waals surface area contributed by atoms with E-state index in [0.29, 0.717) is 29.4 Å². The van der Waals surface area contributed by atoms with Gasteiger partial charge in [0.2, 0.25) is 5.78 Å². The predicted octanol–water partition coefficient (Wildman–Crippen LogP) is 0.387. The number of fused-ring (bicyclic) bond motifs is 5. The van der Waals surface area contributed by atoms with Gasteiger partial charge in [-0.05, 0) is 19.2 Å². The number of carbonyl (C=O) groups excluding carboxylic acids is 3. The van der Waals surface area contributed by atoms with Crippen molar-refractivity contribution in [2.45, 2.75) is 25.2 Å². The molecule has 1 saturated heterocycles. The van der Waals surface area contributed by atoms with Crippen LogP contribution in [0.3, 0.4) is 0 Å². The first-order valence-electron chi connectivity index (χ1n) is 6.67. The summed E-state index contributed by atoms with van der Waals surface area (Å²) in [6, 6.07) is 0.536. The number of nitrogens with two attached hydrogens (primary N) is 1. The lowest BCUT2D eigenvalue weighted by Gasteiger charge is -2.10. The van der Waals surface area contributed by atoms with Crippen molar-refractivity contribution in [3.63, 3.8) is 0 Å². The summed E-state index contributed by atoms with van der Waals surface area (Å²) in [4.78, 5) is 37.4. The zero-order valence-electron chi connectivity index (χ0n) is 11.3. The van der Waals surface area contributed by atoms with E-state index in [1.54, 1.807) is 0 Å². The Bertz CT molecular complexity index is 746. The fraction of sp³-hybridized carbons (Fsp3) is 0.357. The lowest BCUT2D eigenvalue weighted by atomic mass is 9.97. The van der Waals surface area contributed by atoms with Crippen LogP contribution >= 0.6 is 0 Å². The van der Waals surface area contributed by atoms with Gasteiger partial charge in [0.1, 0.15) is 12.3 Å². The second-order valence-corrected chi connectivity index (χ2v) is 5.55. The number of allylic oxidation sites excluding steroid dienone is 2. The quantitative estimate of drug-likeness (QED) is 0.794. The van der Waals surface area contributed by atoms with E-state index in [1.165, 1.54) is 12.2 Å². The normalized spacial score (nSPS) is 28.1. The van der Waals surface area contributed by atoms with Gasteiger partial charge in [0.05, 0.1) is 11.6 Å². The molecule has 0 spiro atoms. The number of likely N-dealkylation sites (N-methyl/N-ethyl adjacent to an activating group) is 1. The molecule has 108 valence electrons. The third kappa shape index (κ3) is 1.49. The Labute approximate surface area is 119 Å². The smallest absolute Gasteiger partial charge is 0.404 e. The summed E-state index contributed by atoms with van der Waals surface area (Å²) in [5.74, 6) is -0.408. The molecule has 3 aliphatic rings. The van der Waals surface area contributed by atoms with E-state index in [2.05, 4.69) is 4.90 Å². The number of amides is 1. The van der Waals surface area contributed by atoms with Crippen molar-refractivity contribution < 1.29 is 19.1 Å². The number of hydrogen-bond donors (Lipinski definition) is 1. The molecular weight excluding hydrogens is 274 g/mol. The van der Waals surface area contributed by atoms with E-state index in [-0.39, 0.29) is 24.2 Å². The van der Waals surface area contributed by atoms with Crippen molar-refractivity contribution >= 4 is 17.7 Å². The van der Waals surface area contributed by atoms with Crippen LogP contribution < -0.4 is 5.73 Å². The van der Waals surface area contributed by atoms with E-state index in [9.17, 15) is 14.4 Å². The summed E-state index contributed by atoms with van der Waals surface area (Å²) in [5.41, 5.74) is 7.31. The number of aromatic nitrogens is 1. The minimum Gasteiger partial charge on any atom is -0.445 e. The summed E-state index contributed by atoms with van der Waals surface area (Å²) >= 11 is 0. The average molecular weight is 287 g/mol. The molecule has 0 radical (unpaired) electrons. The fourth-order valence-electron chi connectivity index (χ4n) is 3.54. The van der Waals surface area contributed by atoms with Crippen molar-refractivity contribution in [3.05, 3.63) is 34.7 Å². The number of carbonyl (C=O) groups is 3. The molecule has 1 unspecified atom stereocenters. The molecule has 1 amide bonds. The van der Waals surface area contributed by atoms with Gasteiger partial charge in [0.25, 0.3) is 0 Å². The third-order valence-electron chi connectivity index (χ3n) is 4.52. The minimum atomic E-state index is -0.896. The highest BCUT2D eigenvalue weighted by molar-refractivity contribution is 6.22. The highest BCUT2D eigenvalue weighted by atomic mass is 16.5. The highest BCUT2D eigenvalue weighted by Crippen LogP contribution is 2.51. The van der Waals surface area contributed by atoms with Crippen LogP contribution in [0.25, 0.3) is 0 Å². The van der Waals surface area contributed by atoms with E-state index < -0.39 is 6.09 Å². The Morgan fingerprint density at radius 3 is 2.81 bits per heavy atom. The van der Waals surface area contributed by atoms with Gasteiger partial charge in [0, 0.05) is 23.8 Å². The van der Waals surface area contributed by atoms with Crippen molar-refractivity contribution in [2.24, 2.45) is 5.73 Å². The number of ketones is 2. The Morgan fingerprint density at radius 2 is 2.10 bits per heavy atom. The average Bonchev–Trinajstić information content (AvgIpc) is 2.82. The van der Waals surface area contributed by atoms with Crippen LogP contribution in [-0.2, 0) is 17.9 Å². The first kappa shape index (κ1) is 12.3. The summed E-state index contributed by atoms with van der Waals surface area (Å²) < 4.78 is 6.78. The van der Waals surface area contributed by atoms with Crippen molar-refractivity contribution in [1.82, 2.24) is 9.47 Å². The first-order chi connectivity index (χ1) is 10.0. The second kappa shape index (κ2) is 3.82. The predicted molar refractivity (Wildman–Crippen MR) is 70.9 cm³/mol. The molecule has 1 aliphatic carbocycles. The Balaban J connectivity index is 1.89. The van der Waals surface area contributed by atoms with E-state index in [4.69, 9.17) is 10.5 Å². The summed E-state index contributed by atoms with van der Waals surface area (Å²) in [7, 11) is 1.99. The third-order valence-corrected chi connectivity index (χ3v) is 4.52. The van der Waals surface area contributed by atoms with Gasteiger partial charge in [-0.25, -0.2) is 4.79 Å². The molecule has 7 nitrogen and oxygen atoms in total. The molecule has 1 fully saturated rings. The van der Waals surface area contributed by atoms with Gasteiger partial charge >= 0.3 is 6.09 Å². The number of nitrogens with zero attached hydrogens (tertiary/aromatic N) is 2. The van der Waals surface area contributed by atoms with E-state index in [0.717, 1.165) is 5.69 Å². The van der Waals surface area contributed by atoms with Crippen LogP contribution in [0.15, 0.2) is 12.2 Å². The first-order valence-corrected chi connectivity index (χ1v) is 6.67. The Morgan fingerprint density at radius 1 is 1.38 bits per heavy atom. The Kier molecular flexibility index (Phi) is 2.25. The van der Waals surface area contributed by atoms with Crippen LogP contribution in [-0.4, -0.2) is 40.2 Å². The molecule has 0 aromatic carbocycles. The van der Waals surface area contributed by atoms with E-state index in [1.807, 2.05) is 11.6 Å². The topological polar surface area (TPSA) is 94.4 Å². The molecular formula is C14H13N3O4. The maximum absolute atomic E-state index is 12.2. The van der Waals surface area contributed by atoms with Gasteiger partial charge in [-0.3, -0.25) is 14.5 Å². The number of primary amides is 1. The largest absolute Gasteiger partial charge is 0.445 e. The van der Waals surface area contributed by atoms with Crippen LogP contribution in [0.5, 0.6) is 0 Å². The lowest BCUT2D eigenvalue weighted by molar-refractivity contribution is 0.0986. The maximum Gasteiger partial charge on any atom is 0.404 e. The molecule has 0 saturated carbocycles. The van der Waals surface area contributed by atoms with Gasteiger partial charge in [-0.15, -0.1) is 0 Å². The van der Waals surface area contributed by atoms with Crippen LogP contribution in [0.1, 0.15) is 38.1 Å². The van der Waals surface area contributed by atoms with Gasteiger partial charge in [-0.1, -0.05) is 0 Å². The fourth-order valence-corrected chi connectivity index (χ4v) is 3.54. The van der Waals surface area contributed by atoms with Gasteiger partial charge in [0.15, 0.2) is 5.78 Å². The number of hydrogen-bond acceptors (Lipinski definition) is 5. The number of ether oxygens (including phenoxy) is 1.